The number of rotatable bonds is 3. The second-order valence-corrected chi connectivity index (χ2v) is 2.72. The predicted octanol–water partition coefficient (Wildman–Crippen LogP) is 2.12. The van der Waals surface area contributed by atoms with Crippen molar-refractivity contribution in [3.8, 4) is 0 Å². The lowest BCUT2D eigenvalue weighted by Crippen LogP contribution is -2.14. The molecule has 0 aliphatic rings. The van der Waals surface area contributed by atoms with Gasteiger partial charge in [-0.15, -0.1) is 12.4 Å². The SMILES string of the molecule is Cl.N[C@@H](CF)c1cc(F)ccc1[N+](=O)[O-]. The Labute approximate surface area is 90.6 Å². The zero-order valence-corrected chi connectivity index (χ0v) is 8.34. The van der Waals surface area contributed by atoms with E-state index in [1.165, 1.54) is 0 Å². The highest BCUT2D eigenvalue weighted by molar-refractivity contribution is 5.85. The van der Waals surface area contributed by atoms with Gasteiger partial charge in [0.25, 0.3) is 5.69 Å². The van der Waals surface area contributed by atoms with E-state index in [2.05, 4.69) is 0 Å². The van der Waals surface area contributed by atoms with Gasteiger partial charge in [0.1, 0.15) is 12.5 Å². The van der Waals surface area contributed by atoms with Crippen LogP contribution in [0.1, 0.15) is 11.6 Å². The Hall–Kier alpha value is -1.27. The van der Waals surface area contributed by atoms with Gasteiger partial charge in [-0.2, -0.15) is 0 Å². The number of halogens is 3. The number of nitro groups is 1. The number of hydrogen-bond acceptors (Lipinski definition) is 3. The second-order valence-electron chi connectivity index (χ2n) is 2.72. The smallest absolute Gasteiger partial charge is 0.274 e. The van der Waals surface area contributed by atoms with E-state index in [0.29, 0.717) is 0 Å². The van der Waals surface area contributed by atoms with Crippen molar-refractivity contribution >= 4 is 18.1 Å². The van der Waals surface area contributed by atoms with E-state index in [4.69, 9.17) is 5.73 Å². The molecule has 0 saturated carbocycles. The molecular formula is C8H9ClF2N2O2. The molecule has 1 rings (SSSR count). The molecular weight excluding hydrogens is 230 g/mol. The molecule has 4 nitrogen and oxygen atoms in total. The van der Waals surface area contributed by atoms with Crippen molar-refractivity contribution in [2.45, 2.75) is 6.04 Å². The minimum atomic E-state index is -1.16. The van der Waals surface area contributed by atoms with Gasteiger partial charge in [-0.25, -0.2) is 8.78 Å². The van der Waals surface area contributed by atoms with E-state index in [1.807, 2.05) is 0 Å². The van der Waals surface area contributed by atoms with Gasteiger partial charge in [0, 0.05) is 6.07 Å². The Morgan fingerprint density at radius 3 is 2.60 bits per heavy atom. The molecule has 0 aliphatic heterocycles. The quantitative estimate of drug-likeness (QED) is 0.648. The first-order valence-electron chi connectivity index (χ1n) is 3.81. The molecule has 0 fully saturated rings. The van der Waals surface area contributed by atoms with Gasteiger partial charge in [-0.3, -0.25) is 10.1 Å². The van der Waals surface area contributed by atoms with Gasteiger partial charge in [0.15, 0.2) is 0 Å². The highest BCUT2D eigenvalue weighted by Crippen LogP contribution is 2.24. The highest BCUT2D eigenvalue weighted by Gasteiger charge is 2.19. The van der Waals surface area contributed by atoms with Crippen molar-refractivity contribution in [2.75, 3.05) is 6.67 Å². The third-order valence-electron chi connectivity index (χ3n) is 1.75. The lowest BCUT2D eigenvalue weighted by atomic mass is 10.1. The molecule has 0 amide bonds. The van der Waals surface area contributed by atoms with E-state index in [1.54, 1.807) is 0 Å². The summed E-state index contributed by atoms with van der Waals surface area (Å²) >= 11 is 0. The first-order valence-corrected chi connectivity index (χ1v) is 3.81. The minimum Gasteiger partial charge on any atom is -0.322 e. The Kier molecular flexibility index (Phi) is 5.10. The Balaban J connectivity index is 0.00000196. The zero-order chi connectivity index (χ0) is 10.7. The molecule has 0 aromatic heterocycles. The van der Waals surface area contributed by atoms with Crippen LogP contribution in [0.3, 0.4) is 0 Å². The van der Waals surface area contributed by atoms with Crippen LogP contribution in [-0.2, 0) is 0 Å². The van der Waals surface area contributed by atoms with E-state index >= 15 is 0 Å². The summed E-state index contributed by atoms with van der Waals surface area (Å²) in [5.74, 6) is -0.672. The summed E-state index contributed by atoms with van der Waals surface area (Å²) in [5, 5.41) is 10.5. The Bertz CT molecular complexity index is 362. The van der Waals surface area contributed by atoms with Crippen LogP contribution in [0.4, 0.5) is 14.5 Å². The van der Waals surface area contributed by atoms with Gasteiger partial charge < -0.3 is 5.73 Å². The van der Waals surface area contributed by atoms with Crippen LogP contribution in [-0.4, -0.2) is 11.6 Å². The average molecular weight is 239 g/mol. The molecule has 15 heavy (non-hydrogen) atoms. The topological polar surface area (TPSA) is 69.2 Å². The minimum absolute atomic E-state index is 0. The van der Waals surface area contributed by atoms with Crippen molar-refractivity contribution < 1.29 is 13.7 Å². The van der Waals surface area contributed by atoms with Crippen LogP contribution in [0, 0.1) is 15.9 Å². The number of alkyl halides is 1. The van der Waals surface area contributed by atoms with Gasteiger partial charge in [-0.1, -0.05) is 0 Å². The van der Waals surface area contributed by atoms with Gasteiger partial charge in [0.2, 0.25) is 0 Å². The maximum atomic E-state index is 12.7. The third-order valence-corrected chi connectivity index (χ3v) is 1.75. The Morgan fingerprint density at radius 1 is 1.53 bits per heavy atom. The number of nitrogens with two attached hydrogens (primary N) is 1. The Morgan fingerprint density at radius 2 is 2.13 bits per heavy atom. The average Bonchev–Trinajstić information content (AvgIpc) is 2.16. The van der Waals surface area contributed by atoms with Crippen LogP contribution in [0.5, 0.6) is 0 Å². The van der Waals surface area contributed by atoms with Crippen LogP contribution in [0.15, 0.2) is 18.2 Å². The van der Waals surface area contributed by atoms with E-state index in [-0.39, 0.29) is 23.7 Å². The van der Waals surface area contributed by atoms with Crippen molar-refractivity contribution in [2.24, 2.45) is 5.73 Å². The summed E-state index contributed by atoms with van der Waals surface area (Å²) in [4.78, 5) is 9.74. The summed E-state index contributed by atoms with van der Waals surface area (Å²) in [7, 11) is 0. The molecule has 1 aromatic carbocycles. The summed E-state index contributed by atoms with van der Waals surface area (Å²) in [6.45, 7) is -0.968. The molecule has 0 saturated heterocycles. The maximum Gasteiger partial charge on any atom is 0.274 e. The standard InChI is InChI=1S/C8H8F2N2O2.ClH/c9-4-7(11)6-3-5(10)1-2-8(6)12(13)14;/h1-3,7H,4,11H2;1H/t7-;/m0./s1. The number of hydrogen-bond donors (Lipinski definition) is 1. The highest BCUT2D eigenvalue weighted by atomic mass is 35.5. The van der Waals surface area contributed by atoms with E-state index < -0.39 is 23.5 Å². The van der Waals surface area contributed by atoms with Crippen molar-refractivity contribution in [3.05, 3.63) is 39.7 Å². The molecule has 2 N–H and O–H groups in total. The number of nitro benzene ring substituents is 1. The molecule has 1 aromatic rings. The summed E-state index contributed by atoms with van der Waals surface area (Å²) < 4.78 is 24.9. The fourth-order valence-electron chi connectivity index (χ4n) is 1.07. The summed E-state index contributed by atoms with van der Waals surface area (Å²) in [6.07, 6.45) is 0. The van der Waals surface area contributed by atoms with Crippen LogP contribution in [0.2, 0.25) is 0 Å². The largest absolute Gasteiger partial charge is 0.322 e. The zero-order valence-electron chi connectivity index (χ0n) is 7.52. The molecule has 0 aliphatic carbocycles. The molecule has 7 heteroatoms. The molecule has 84 valence electrons. The van der Waals surface area contributed by atoms with Crippen molar-refractivity contribution in [3.63, 3.8) is 0 Å². The molecule has 1 atom stereocenters. The lowest BCUT2D eigenvalue weighted by molar-refractivity contribution is -0.385. The van der Waals surface area contributed by atoms with Crippen LogP contribution >= 0.6 is 12.4 Å². The fraction of sp³-hybridized carbons (Fsp3) is 0.250. The molecule has 0 bridgehead atoms. The van der Waals surface area contributed by atoms with Crippen molar-refractivity contribution in [1.29, 1.82) is 0 Å². The predicted molar refractivity (Wildman–Crippen MR) is 53.2 cm³/mol. The molecule has 0 heterocycles. The fourth-order valence-corrected chi connectivity index (χ4v) is 1.07. The maximum absolute atomic E-state index is 12.7. The van der Waals surface area contributed by atoms with Crippen LogP contribution < -0.4 is 5.73 Å². The van der Waals surface area contributed by atoms with Gasteiger partial charge in [0.05, 0.1) is 16.5 Å². The number of benzene rings is 1. The lowest BCUT2D eigenvalue weighted by Gasteiger charge is -2.07. The van der Waals surface area contributed by atoms with Gasteiger partial charge >= 0.3 is 0 Å². The van der Waals surface area contributed by atoms with Crippen LogP contribution in [0.25, 0.3) is 0 Å². The van der Waals surface area contributed by atoms with E-state index in [9.17, 15) is 18.9 Å². The van der Waals surface area contributed by atoms with E-state index in [0.717, 1.165) is 18.2 Å². The first-order chi connectivity index (χ1) is 6.56. The normalized spacial score (nSPS) is 11.7. The molecule has 0 spiro atoms. The first kappa shape index (κ1) is 13.7. The van der Waals surface area contributed by atoms with Gasteiger partial charge in [-0.05, 0) is 12.1 Å². The monoisotopic (exact) mass is 238 g/mol. The number of nitrogens with zero attached hydrogens (tertiary/aromatic N) is 1. The molecule has 0 unspecified atom stereocenters. The summed E-state index contributed by atoms with van der Waals surface area (Å²) in [5.41, 5.74) is 4.76. The molecule has 0 radical (unpaired) electrons. The summed E-state index contributed by atoms with van der Waals surface area (Å²) in [6, 6.07) is 1.63. The van der Waals surface area contributed by atoms with Crippen molar-refractivity contribution in [1.82, 2.24) is 0 Å². The second kappa shape index (κ2) is 5.57. The third kappa shape index (κ3) is 3.10.